The van der Waals surface area contributed by atoms with E-state index in [-0.39, 0.29) is 6.09 Å². The summed E-state index contributed by atoms with van der Waals surface area (Å²) in [6, 6.07) is 2.18. The predicted octanol–water partition coefficient (Wildman–Crippen LogP) is 2.71. The molecule has 1 saturated heterocycles. The molecular weight excluding hydrogens is 308 g/mol. The van der Waals surface area contributed by atoms with Gasteiger partial charge in [-0.25, -0.2) is 14.8 Å². The molecule has 1 aromatic heterocycles. The zero-order chi connectivity index (χ0) is 17.7. The van der Waals surface area contributed by atoms with E-state index in [9.17, 15) is 4.79 Å². The highest BCUT2D eigenvalue weighted by molar-refractivity contribution is 5.68. The molecule has 0 atom stereocenters. The van der Waals surface area contributed by atoms with Gasteiger partial charge in [-0.05, 0) is 40.5 Å². The normalized spacial score (nSPS) is 16.0. The van der Waals surface area contributed by atoms with Crippen LogP contribution in [0.4, 0.5) is 10.6 Å². The van der Waals surface area contributed by atoms with Gasteiger partial charge in [0.25, 0.3) is 0 Å². The van der Waals surface area contributed by atoms with Crippen LogP contribution in [0.15, 0.2) is 12.4 Å². The summed E-state index contributed by atoms with van der Waals surface area (Å²) < 4.78 is 10.9. The zero-order valence-corrected chi connectivity index (χ0v) is 15.3. The number of anilines is 1. The van der Waals surface area contributed by atoms with Crippen molar-refractivity contribution in [3.05, 3.63) is 12.4 Å². The number of carbonyl (C=O) groups excluding carboxylic acids is 1. The van der Waals surface area contributed by atoms with E-state index in [4.69, 9.17) is 9.47 Å². The molecule has 24 heavy (non-hydrogen) atoms. The summed E-state index contributed by atoms with van der Waals surface area (Å²) in [6.07, 6.45) is 3.05. The van der Waals surface area contributed by atoms with Gasteiger partial charge in [-0.3, -0.25) is 0 Å². The lowest BCUT2D eigenvalue weighted by Gasteiger charge is -2.37. The maximum atomic E-state index is 12.1. The lowest BCUT2D eigenvalue weighted by atomic mass is 10.0. The van der Waals surface area contributed by atoms with Crippen LogP contribution in [-0.4, -0.2) is 59.3 Å². The number of amides is 1. The highest BCUT2D eigenvalue weighted by Crippen LogP contribution is 2.23. The Morgan fingerprint density at radius 1 is 1.33 bits per heavy atom. The van der Waals surface area contributed by atoms with Crippen LogP contribution in [0.1, 0.15) is 40.5 Å². The number of rotatable bonds is 4. The monoisotopic (exact) mass is 336 g/mol. The summed E-state index contributed by atoms with van der Waals surface area (Å²) in [5, 5.41) is 0. The first-order valence-electron chi connectivity index (χ1n) is 8.45. The van der Waals surface area contributed by atoms with Crippen molar-refractivity contribution in [2.75, 3.05) is 31.6 Å². The molecular formula is C17H28N4O3. The number of hydrogen-bond donors (Lipinski definition) is 0. The number of piperidine rings is 1. The minimum Gasteiger partial charge on any atom is -0.478 e. The van der Waals surface area contributed by atoms with Crippen molar-refractivity contribution in [1.29, 1.82) is 0 Å². The van der Waals surface area contributed by atoms with Crippen molar-refractivity contribution in [3.63, 3.8) is 0 Å². The average molecular weight is 336 g/mol. The summed E-state index contributed by atoms with van der Waals surface area (Å²) in [5.74, 6) is 1.42. The van der Waals surface area contributed by atoms with E-state index in [1.54, 1.807) is 4.90 Å². The fourth-order valence-corrected chi connectivity index (χ4v) is 2.70. The molecule has 0 radical (unpaired) electrons. The number of carbonyl (C=O) groups is 1. The van der Waals surface area contributed by atoms with Crippen LogP contribution < -0.4 is 9.64 Å². The summed E-state index contributed by atoms with van der Waals surface area (Å²) in [4.78, 5) is 24.5. The summed E-state index contributed by atoms with van der Waals surface area (Å²) in [6.45, 7) is 9.54. The number of nitrogens with zero attached hydrogens (tertiary/aromatic N) is 4. The van der Waals surface area contributed by atoms with Gasteiger partial charge < -0.3 is 19.3 Å². The summed E-state index contributed by atoms with van der Waals surface area (Å²) in [5.41, 5.74) is -0.457. The number of aromatic nitrogens is 2. The molecule has 0 bridgehead atoms. The number of ether oxygens (including phenoxy) is 2. The average Bonchev–Trinajstić information content (AvgIpc) is 2.53. The van der Waals surface area contributed by atoms with Crippen molar-refractivity contribution < 1.29 is 14.3 Å². The molecule has 1 aliphatic heterocycles. The van der Waals surface area contributed by atoms with Gasteiger partial charge >= 0.3 is 6.09 Å². The Hall–Kier alpha value is -2.05. The fourth-order valence-electron chi connectivity index (χ4n) is 2.70. The third-order valence-electron chi connectivity index (χ3n) is 3.95. The quantitative estimate of drug-likeness (QED) is 0.842. The first kappa shape index (κ1) is 18.3. The molecule has 1 amide bonds. The second-order valence-corrected chi connectivity index (χ2v) is 6.96. The second kappa shape index (κ2) is 7.68. The van der Waals surface area contributed by atoms with Gasteiger partial charge in [-0.2, -0.15) is 0 Å². The Labute approximate surface area is 144 Å². The highest BCUT2D eigenvalue weighted by Gasteiger charge is 2.29. The van der Waals surface area contributed by atoms with E-state index < -0.39 is 5.60 Å². The van der Waals surface area contributed by atoms with Crippen LogP contribution in [0.3, 0.4) is 0 Å². The molecule has 1 aromatic rings. The largest absolute Gasteiger partial charge is 0.478 e. The molecule has 2 heterocycles. The van der Waals surface area contributed by atoms with Crippen molar-refractivity contribution in [1.82, 2.24) is 14.9 Å². The highest BCUT2D eigenvalue weighted by atomic mass is 16.6. The zero-order valence-electron chi connectivity index (χ0n) is 15.3. The molecule has 0 aromatic carbocycles. The number of likely N-dealkylation sites (tertiary alicyclic amines) is 1. The SMILES string of the molecule is CCOc1cc(N(C)C2CCN(C(=O)OC(C)(C)C)CC2)ncn1. The van der Waals surface area contributed by atoms with Crippen LogP contribution in [0.25, 0.3) is 0 Å². The Kier molecular flexibility index (Phi) is 5.85. The Morgan fingerprint density at radius 2 is 2.00 bits per heavy atom. The molecule has 7 heteroatoms. The molecule has 1 fully saturated rings. The van der Waals surface area contributed by atoms with Gasteiger partial charge in [0, 0.05) is 32.2 Å². The molecule has 1 aliphatic rings. The molecule has 134 valence electrons. The van der Waals surface area contributed by atoms with E-state index in [2.05, 4.69) is 14.9 Å². The standard InChI is InChI=1S/C17H28N4O3/c1-6-23-15-11-14(18-12-19-15)20(5)13-7-9-21(10-8-13)16(22)24-17(2,3)4/h11-13H,6-10H2,1-5H3. The van der Waals surface area contributed by atoms with Crippen molar-refractivity contribution in [2.24, 2.45) is 0 Å². The van der Waals surface area contributed by atoms with E-state index in [1.807, 2.05) is 40.8 Å². The second-order valence-electron chi connectivity index (χ2n) is 6.96. The summed E-state index contributed by atoms with van der Waals surface area (Å²) >= 11 is 0. The van der Waals surface area contributed by atoms with Gasteiger partial charge in [0.15, 0.2) is 0 Å². The van der Waals surface area contributed by atoms with Crippen LogP contribution in [0.5, 0.6) is 5.88 Å². The minimum atomic E-state index is -0.457. The van der Waals surface area contributed by atoms with Crippen LogP contribution in [0.2, 0.25) is 0 Å². The Bertz CT molecular complexity index is 551. The van der Waals surface area contributed by atoms with Crippen molar-refractivity contribution >= 4 is 11.9 Å². The van der Waals surface area contributed by atoms with Gasteiger partial charge in [-0.15, -0.1) is 0 Å². The number of hydrogen-bond acceptors (Lipinski definition) is 6. The molecule has 7 nitrogen and oxygen atoms in total. The first-order chi connectivity index (χ1) is 11.3. The summed E-state index contributed by atoms with van der Waals surface area (Å²) in [7, 11) is 2.02. The van der Waals surface area contributed by atoms with E-state index in [0.717, 1.165) is 18.7 Å². The third kappa shape index (κ3) is 4.97. The third-order valence-corrected chi connectivity index (χ3v) is 3.95. The predicted molar refractivity (Wildman–Crippen MR) is 92.4 cm³/mol. The van der Waals surface area contributed by atoms with Crippen LogP contribution >= 0.6 is 0 Å². The van der Waals surface area contributed by atoms with Gasteiger partial charge in [0.1, 0.15) is 17.7 Å². The van der Waals surface area contributed by atoms with Crippen molar-refractivity contribution in [3.8, 4) is 5.88 Å². The van der Waals surface area contributed by atoms with E-state index >= 15 is 0 Å². The minimum absolute atomic E-state index is 0.232. The van der Waals surface area contributed by atoms with Gasteiger partial charge in [0.2, 0.25) is 5.88 Å². The van der Waals surface area contributed by atoms with Crippen LogP contribution in [0, 0.1) is 0 Å². The van der Waals surface area contributed by atoms with E-state index in [0.29, 0.717) is 31.6 Å². The molecule has 0 spiro atoms. The molecule has 0 aliphatic carbocycles. The van der Waals surface area contributed by atoms with Crippen molar-refractivity contribution in [2.45, 2.75) is 52.2 Å². The van der Waals surface area contributed by atoms with Gasteiger partial charge in [-0.1, -0.05) is 0 Å². The fraction of sp³-hybridized carbons (Fsp3) is 0.706. The molecule has 2 rings (SSSR count). The topological polar surface area (TPSA) is 67.8 Å². The van der Waals surface area contributed by atoms with E-state index in [1.165, 1.54) is 6.33 Å². The van der Waals surface area contributed by atoms with Crippen LogP contribution in [-0.2, 0) is 4.74 Å². The lowest BCUT2D eigenvalue weighted by molar-refractivity contribution is 0.0205. The molecule has 0 unspecified atom stereocenters. The van der Waals surface area contributed by atoms with Gasteiger partial charge in [0.05, 0.1) is 6.61 Å². The molecule has 0 saturated carbocycles. The Morgan fingerprint density at radius 3 is 2.58 bits per heavy atom. The maximum Gasteiger partial charge on any atom is 0.410 e. The Balaban J connectivity index is 1.92. The first-order valence-corrected chi connectivity index (χ1v) is 8.45. The smallest absolute Gasteiger partial charge is 0.410 e. The maximum absolute atomic E-state index is 12.1. The lowest BCUT2D eigenvalue weighted by Crippen LogP contribution is -2.47. The molecule has 0 N–H and O–H groups in total.